The van der Waals surface area contributed by atoms with Gasteiger partial charge in [0.25, 0.3) is 0 Å². The molecule has 4 nitrogen and oxygen atoms in total. The molecular formula is C12H14O4. The van der Waals surface area contributed by atoms with Crippen LogP contribution in [0.3, 0.4) is 0 Å². The Balaban J connectivity index is 2.35. The zero-order valence-corrected chi connectivity index (χ0v) is 8.81. The van der Waals surface area contributed by atoms with Crippen molar-refractivity contribution in [3.8, 4) is 17.2 Å². The van der Waals surface area contributed by atoms with E-state index in [1.165, 1.54) is 0 Å². The van der Waals surface area contributed by atoms with Crippen LogP contribution >= 0.6 is 0 Å². The van der Waals surface area contributed by atoms with Gasteiger partial charge >= 0.3 is 0 Å². The van der Waals surface area contributed by atoms with Gasteiger partial charge in [0.2, 0.25) is 0 Å². The first kappa shape index (κ1) is 10.8. The van der Waals surface area contributed by atoms with Crippen LogP contribution in [0.2, 0.25) is 0 Å². The van der Waals surface area contributed by atoms with E-state index in [-0.39, 0.29) is 34.5 Å². The third-order valence-corrected chi connectivity index (χ3v) is 3.05. The minimum Gasteiger partial charge on any atom is -0.508 e. The molecule has 86 valence electrons. The first-order valence-electron chi connectivity index (χ1n) is 5.38. The monoisotopic (exact) mass is 222 g/mol. The molecule has 1 fully saturated rings. The molecule has 0 saturated heterocycles. The van der Waals surface area contributed by atoms with Crippen molar-refractivity contribution in [3.05, 3.63) is 17.7 Å². The maximum atomic E-state index is 12.0. The number of hydrogen-bond donors (Lipinski definition) is 3. The number of phenols is 3. The Hall–Kier alpha value is -1.71. The SMILES string of the molecule is O=C(c1c(O)cc(O)cc1O)C1CCCC1. The van der Waals surface area contributed by atoms with E-state index in [1.54, 1.807) is 0 Å². The number of aromatic hydroxyl groups is 3. The van der Waals surface area contributed by atoms with Crippen LogP contribution in [0.5, 0.6) is 17.2 Å². The van der Waals surface area contributed by atoms with Crippen molar-refractivity contribution in [1.82, 2.24) is 0 Å². The van der Waals surface area contributed by atoms with Crippen molar-refractivity contribution in [2.45, 2.75) is 25.7 Å². The van der Waals surface area contributed by atoms with Crippen molar-refractivity contribution >= 4 is 5.78 Å². The van der Waals surface area contributed by atoms with E-state index in [4.69, 9.17) is 5.11 Å². The van der Waals surface area contributed by atoms with E-state index in [0.29, 0.717) is 0 Å². The minimum absolute atomic E-state index is 0.0651. The predicted octanol–water partition coefficient (Wildman–Crippen LogP) is 2.18. The summed E-state index contributed by atoms with van der Waals surface area (Å²) in [5, 5.41) is 28.3. The van der Waals surface area contributed by atoms with E-state index in [9.17, 15) is 15.0 Å². The number of Topliss-reactive ketones (excluding diaryl/α,β-unsaturated/α-hetero) is 1. The van der Waals surface area contributed by atoms with Crippen molar-refractivity contribution < 1.29 is 20.1 Å². The van der Waals surface area contributed by atoms with Gasteiger partial charge in [-0.3, -0.25) is 4.79 Å². The molecule has 4 heteroatoms. The van der Waals surface area contributed by atoms with Gasteiger partial charge in [-0.1, -0.05) is 12.8 Å². The van der Waals surface area contributed by atoms with E-state index in [0.717, 1.165) is 37.8 Å². The summed E-state index contributed by atoms with van der Waals surface area (Å²) in [5.74, 6) is -1.30. The Bertz CT molecular complexity index is 396. The molecule has 3 N–H and O–H groups in total. The van der Waals surface area contributed by atoms with E-state index >= 15 is 0 Å². The quantitative estimate of drug-likeness (QED) is 0.670. The van der Waals surface area contributed by atoms with Crippen molar-refractivity contribution in [2.24, 2.45) is 5.92 Å². The second-order valence-corrected chi connectivity index (χ2v) is 4.20. The van der Waals surface area contributed by atoms with Crippen LogP contribution in [0, 0.1) is 5.92 Å². The smallest absolute Gasteiger partial charge is 0.173 e. The Morgan fingerprint density at radius 3 is 2.06 bits per heavy atom. The standard InChI is InChI=1S/C12H14O4/c13-8-5-9(14)11(10(15)6-8)12(16)7-3-1-2-4-7/h5-7,13-15H,1-4H2. The molecule has 0 unspecified atom stereocenters. The summed E-state index contributed by atoms with van der Waals surface area (Å²) in [6.07, 6.45) is 3.63. The maximum absolute atomic E-state index is 12.0. The van der Waals surface area contributed by atoms with Gasteiger partial charge in [0.15, 0.2) is 5.78 Å². The molecule has 1 aliphatic rings. The van der Waals surface area contributed by atoms with Gasteiger partial charge in [-0.15, -0.1) is 0 Å². The normalized spacial score (nSPS) is 16.5. The first-order chi connectivity index (χ1) is 7.59. The lowest BCUT2D eigenvalue weighted by Gasteiger charge is -2.11. The summed E-state index contributed by atoms with van der Waals surface area (Å²) in [6.45, 7) is 0. The second kappa shape index (κ2) is 4.04. The van der Waals surface area contributed by atoms with Gasteiger partial charge in [-0.05, 0) is 12.8 Å². The van der Waals surface area contributed by atoms with Gasteiger partial charge in [-0.2, -0.15) is 0 Å². The van der Waals surface area contributed by atoms with E-state index in [2.05, 4.69) is 0 Å². The second-order valence-electron chi connectivity index (χ2n) is 4.20. The van der Waals surface area contributed by atoms with Crippen molar-refractivity contribution in [3.63, 3.8) is 0 Å². The lowest BCUT2D eigenvalue weighted by Crippen LogP contribution is -2.11. The molecule has 1 aromatic rings. The topological polar surface area (TPSA) is 77.8 Å². The highest BCUT2D eigenvalue weighted by atomic mass is 16.3. The van der Waals surface area contributed by atoms with Gasteiger partial charge in [-0.25, -0.2) is 0 Å². The number of hydrogen-bond acceptors (Lipinski definition) is 4. The maximum Gasteiger partial charge on any atom is 0.173 e. The molecule has 0 amide bonds. The molecular weight excluding hydrogens is 208 g/mol. The van der Waals surface area contributed by atoms with Crippen molar-refractivity contribution in [1.29, 1.82) is 0 Å². The number of carbonyl (C=O) groups excluding carboxylic acids is 1. The summed E-state index contributed by atoms with van der Waals surface area (Å²) in [6, 6.07) is 2.14. The van der Waals surface area contributed by atoms with Crippen molar-refractivity contribution in [2.75, 3.05) is 0 Å². The highest BCUT2D eigenvalue weighted by Gasteiger charge is 2.28. The first-order valence-corrected chi connectivity index (χ1v) is 5.38. The molecule has 0 spiro atoms. The average Bonchev–Trinajstić information content (AvgIpc) is 2.67. The highest BCUT2D eigenvalue weighted by molar-refractivity contribution is 6.02. The lowest BCUT2D eigenvalue weighted by molar-refractivity contribution is 0.0917. The Labute approximate surface area is 93.2 Å². The number of phenolic OH excluding ortho intramolecular Hbond substituents is 3. The fraction of sp³-hybridized carbons (Fsp3) is 0.417. The molecule has 0 aromatic heterocycles. The predicted molar refractivity (Wildman–Crippen MR) is 57.7 cm³/mol. The van der Waals surface area contributed by atoms with Crippen LogP contribution in [0.4, 0.5) is 0 Å². The summed E-state index contributed by atoms with van der Waals surface area (Å²) in [4.78, 5) is 12.0. The van der Waals surface area contributed by atoms with E-state index < -0.39 is 0 Å². The Kier molecular flexibility index (Phi) is 2.73. The summed E-state index contributed by atoms with van der Waals surface area (Å²) >= 11 is 0. The Morgan fingerprint density at radius 2 is 1.56 bits per heavy atom. The lowest BCUT2D eigenvalue weighted by atomic mass is 9.95. The molecule has 0 atom stereocenters. The average molecular weight is 222 g/mol. The minimum atomic E-state index is -0.352. The third kappa shape index (κ3) is 1.83. The van der Waals surface area contributed by atoms with Gasteiger partial charge in [0.1, 0.15) is 22.8 Å². The molecule has 0 bridgehead atoms. The third-order valence-electron chi connectivity index (χ3n) is 3.05. The number of carbonyl (C=O) groups is 1. The van der Waals surface area contributed by atoms with Crippen LogP contribution < -0.4 is 0 Å². The largest absolute Gasteiger partial charge is 0.508 e. The van der Waals surface area contributed by atoms with Crippen LogP contribution in [-0.2, 0) is 0 Å². The summed E-state index contributed by atoms with van der Waals surface area (Å²) in [5.41, 5.74) is -0.0651. The van der Waals surface area contributed by atoms with Gasteiger partial charge in [0.05, 0.1) is 0 Å². The zero-order valence-electron chi connectivity index (χ0n) is 8.81. The molecule has 0 aliphatic heterocycles. The molecule has 1 aromatic carbocycles. The van der Waals surface area contributed by atoms with Crippen LogP contribution in [-0.4, -0.2) is 21.1 Å². The van der Waals surface area contributed by atoms with Crippen LogP contribution in [0.25, 0.3) is 0 Å². The molecule has 0 radical (unpaired) electrons. The fourth-order valence-electron chi connectivity index (χ4n) is 2.24. The zero-order chi connectivity index (χ0) is 11.7. The molecule has 1 saturated carbocycles. The Morgan fingerprint density at radius 1 is 1.06 bits per heavy atom. The van der Waals surface area contributed by atoms with Gasteiger partial charge < -0.3 is 15.3 Å². The number of benzene rings is 1. The summed E-state index contributed by atoms with van der Waals surface area (Å²) < 4.78 is 0. The van der Waals surface area contributed by atoms with Crippen LogP contribution in [0.15, 0.2) is 12.1 Å². The van der Waals surface area contributed by atoms with E-state index in [1.807, 2.05) is 0 Å². The molecule has 0 heterocycles. The fourth-order valence-corrected chi connectivity index (χ4v) is 2.24. The van der Waals surface area contributed by atoms with Crippen LogP contribution in [0.1, 0.15) is 36.0 Å². The number of rotatable bonds is 2. The molecule has 1 aliphatic carbocycles. The number of ketones is 1. The summed E-state index contributed by atoms with van der Waals surface area (Å²) in [7, 11) is 0. The highest BCUT2D eigenvalue weighted by Crippen LogP contribution is 2.37. The molecule has 2 rings (SSSR count). The molecule has 16 heavy (non-hydrogen) atoms. The van der Waals surface area contributed by atoms with Gasteiger partial charge in [0, 0.05) is 18.1 Å².